The summed E-state index contributed by atoms with van der Waals surface area (Å²) in [6.07, 6.45) is 0. The minimum Gasteiger partial charge on any atom is -0.310 e. The Kier molecular flexibility index (Phi) is 8.18. The minimum absolute atomic E-state index is 0.0951. The predicted molar refractivity (Wildman–Crippen MR) is 263 cm³/mol. The van der Waals surface area contributed by atoms with Gasteiger partial charge in [0.15, 0.2) is 0 Å². The molecular weight excluding hydrogens is 761 g/mol. The molecule has 3 aliphatic rings. The number of nitrogens with zero attached hydrogens (tertiary/aromatic N) is 2. The van der Waals surface area contributed by atoms with Crippen LogP contribution in [0.2, 0.25) is 0 Å². The molecule has 12 rings (SSSR count). The van der Waals surface area contributed by atoms with Crippen LogP contribution in [0.1, 0.15) is 72.2 Å². The van der Waals surface area contributed by atoms with Gasteiger partial charge in [-0.3, -0.25) is 0 Å². The van der Waals surface area contributed by atoms with Crippen LogP contribution < -0.4 is 9.80 Å². The third kappa shape index (κ3) is 5.31. The molecule has 2 nitrogen and oxygen atoms in total. The summed E-state index contributed by atoms with van der Waals surface area (Å²) >= 11 is 0. The van der Waals surface area contributed by atoms with Gasteiger partial charge in [0.25, 0.3) is 0 Å². The highest BCUT2D eigenvalue weighted by Gasteiger charge is 2.47. The lowest BCUT2D eigenvalue weighted by Crippen LogP contribution is -2.33. The van der Waals surface area contributed by atoms with Crippen LogP contribution >= 0.6 is 0 Å². The van der Waals surface area contributed by atoms with Crippen molar-refractivity contribution in [3.63, 3.8) is 0 Å². The van der Waals surface area contributed by atoms with Gasteiger partial charge in [0.05, 0.1) is 16.8 Å². The summed E-state index contributed by atoms with van der Waals surface area (Å²) < 4.78 is 0. The number of benzene rings is 9. The van der Waals surface area contributed by atoms with Gasteiger partial charge >= 0.3 is 0 Å². The fourth-order valence-electron chi connectivity index (χ4n) is 11.5. The Morgan fingerprint density at radius 3 is 1.46 bits per heavy atom. The number of para-hydroxylation sites is 2. The van der Waals surface area contributed by atoms with Crippen LogP contribution in [0.3, 0.4) is 0 Å². The van der Waals surface area contributed by atoms with Crippen molar-refractivity contribution in [1.29, 1.82) is 0 Å². The average Bonchev–Trinajstić information content (AvgIpc) is 3.76. The molecule has 0 atom stereocenters. The van der Waals surface area contributed by atoms with Gasteiger partial charge in [0, 0.05) is 33.6 Å². The lowest BCUT2D eigenvalue weighted by atomic mass is 9.65. The van der Waals surface area contributed by atoms with Crippen LogP contribution in [0.5, 0.6) is 0 Å². The molecule has 1 aliphatic heterocycles. The van der Waals surface area contributed by atoms with E-state index < -0.39 is 5.41 Å². The molecule has 0 amide bonds. The Morgan fingerprint density at radius 2 is 0.794 bits per heavy atom. The maximum atomic E-state index is 2.53. The smallest absolute Gasteiger partial charge is 0.0713 e. The first-order valence-corrected chi connectivity index (χ1v) is 22.3. The van der Waals surface area contributed by atoms with E-state index in [0.717, 1.165) is 22.7 Å². The predicted octanol–water partition coefficient (Wildman–Crippen LogP) is 15.9. The van der Waals surface area contributed by atoms with Gasteiger partial charge < -0.3 is 9.80 Å². The number of fused-ring (bicyclic) bond motifs is 8. The molecule has 0 saturated carbocycles. The van der Waals surface area contributed by atoms with Crippen molar-refractivity contribution in [2.45, 2.75) is 43.9 Å². The highest BCUT2D eigenvalue weighted by molar-refractivity contribution is 5.91. The standard InChI is InChI=1S/C61H48N2/c1-59(2)51-26-14-11-23-47(51)50-37-36-46(40-55(50)59)62(43-21-9-6-10-22-43)44-32-34-45(35-33-44)63-57-30-18-17-29-54(57)60(3,4)56-39-42(31-38-58(56)63)61(41-19-7-5-8-20-41)52-27-15-12-24-48(52)49-25-13-16-28-53(49)61/h5-40H,1-4H3. The summed E-state index contributed by atoms with van der Waals surface area (Å²) in [6, 6.07) is 81.4. The quantitative estimate of drug-likeness (QED) is 0.165. The molecule has 0 fully saturated rings. The van der Waals surface area contributed by atoms with E-state index in [9.17, 15) is 0 Å². The molecule has 63 heavy (non-hydrogen) atoms. The van der Waals surface area contributed by atoms with E-state index in [0.29, 0.717) is 0 Å². The Hall–Kier alpha value is -7.42. The molecule has 0 N–H and O–H groups in total. The Labute approximate surface area is 371 Å². The number of anilines is 6. The topological polar surface area (TPSA) is 6.48 Å². The van der Waals surface area contributed by atoms with Crippen molar-refractivity contribution in [3.05, 3.63) is 263 Å². The zero-order valence-electron chi connectivity index (χ0n) is 36.2. The van der Waals surface area contributed by atoms with E-state index in [4.69, 9.17) is 0 Å². The van der Waals surface area contributed by atoms with Crippen LogP contribution in [-0.4, -0.2) is 0 Å². The van der Waals surface area contributed by atoms with Crippen molar-refractivity contribution in [1.82, 2.24) is 0 Å². The zero-order valence-corrected chi connectivity index (χ0v) is 36.2. The van der Waals surface area contributed by atoms with Crippen molar-refractivity contribution in [2.75, 3.05) is 9.80 Å². The SMILES string of the molecule is CC1(C)c2ccccc2-c2ccc(N(c3ccccc3)c3ccc(N4c5ccccc5C(C)(C)c5cc(C6(c7ccccc7)c7ccccc7-c7ccccc76)ccc54)cc3)cc21. The lowest BCUT2D eigenvalue weighted by molar-refractivity contribution is 0.627. The van der Waals surface area contributed by atoms with Crippen molar-refractivity contribution in [2.24, 2.45) is 0 Å². The first-order valence-electron chi connectivity index (χ1n) is 22.3. The molecule has 1 heterocycles. The van der Waals surface area contributed by atoms with Crippen molar-refractivity contribution < 1.29 is 0 Å². The number of hydrogen-bond acceptors (Lipinski definition) is 2. The number of rotatable bonds is 6. The molecule has 0 spiro atoms. The van der Waals surface area contributed by atoms with Gasteiger partial charge in [-0.2, -0.15) is 0 Å². The number of hydrogen-bond donors (Lipinski definition) is 0. The van der Waals surface area contributed by atoms with Gasteiger partial charge in [0.2, 0.25) is 0 Å². The lowest BCUT2D eigenvalue weighted by Gasteiger charge is -2.43. The summed E-state index contributed by atoms with van der Waals surface area (Å²) in [5.74, 6) is 0. The van der Waals surface area contributed by atoms with E-state index in [-0.39, 0.29) is 10.8 Å². The van der Waals surface area contributed by atoms with Crippen LogP contribution in [-0.2, 0) is 16.2 Å². The van der Waals surface area contributed by atoms with Crippen LogP contribution in [0.4, 0.5) is 34.1 Å². The van der Waals surface area contributed by atoms with E-state index in [1.54, 1.807) is 0 Å². The summed E-state index contributed by atoms with van der Waals surface area (Å²) in [7, 11) is 0. The van der Waals surface area contributed by atoms with Gasteiger partial charge in [-0.05, 0) is 127 Å². The third-order valence-corrected chi connectivity index (χ3v) is 14.5. The van der Waals surface area contributed by atoms with E-state index in [1.165, 1.54) is 78.1 Å². The Balaban J connectivity index is 1.01. The summed E-state index contributed by atoms with van der Waals surface area (Å²) in [5.41, 5.74) is 22.0. The first-order chi connectivity index (χ1) is 30.8. The molecular formula is C61H48N2. The molecule has 9 aromatic carbocycles. The molecule has 0 aromatic heterocycles. The highest BCUT2D eigenvalue weighted by Crippen LogP contribution is 2.59. The highest BCUT2D eigenvalue weighted by atomic mass is 15.2. The fourth-order valence-corrected chi connectivity index (χ4v) is 11.5. The third-order valence-electron chi connectivity index (χ3n) is 14.5. The molecule has 2 aliphatic carbocycles. The molecule has 302 valence electrons. The van der Waals surface area contributed by atoms with Gasteiger partial charge in [-0.15, -0.1) is 0 Å². The maximum absolute atomic E-state index is 2.53. The minimum atomic E-state index is -0.473. The molecule has 0 bridgehead atoms. The van der Waals surface area contributed by atoms with E-state index in [2.05, 4.69) is 256 Å². The monoisotopic (exact) mass is 808 g/mol. The molecule has 0 saturated heterocycles. The van der Waals surface area contributed by atoms with Crippen LogP contribution in [0.15, 0.2) is 218 Å². The van der Waals surface area contributed by atoms with E-state index >= 15 is 0 Å². The molecule has 0 radical (unpaired) electrons. The van der Waals surface area contributed by atoms with E-state index in [1.807, 2.05) is 0 Å². The molecule has 9 aromatic rings. The second kappa shape index (κ2) is 13.8. The van der Waals surface area contributed by atoms with Crippen molar-refractivity contribution >= 4 is 34.1 Å². The molecule has 2 heteroatoms. The second-order valence-corrected chi connectivity index (χ2v) is 18.5. The van der Waals surface area contributed by atoms with Crippen LogP contribution in [0, 0.1) is 0 Å². The molecule has 0 unspecified atom stereocenters. The van der Waals surface area contributed by atoms with Crippen LogP contribution in [0.25, 0.3) is 22.3 Å². The zero-order chi connectivity index (χ0) is 42.5. The fraction of sp³-hybridized carbons (Fsp3) is 0.115. The second-order valence-electron chi connectivity index (χ2n) is 18.5. The Bertz CT molecular complexity index is 3190. The Morgan fingerprint density at radius 1 is 0.317 bits per heavy atom. The normalized spacial score (nSPS) is 15.3. The van der Waals surface area contributed by atoms with Gasteiger partial charge in [0.1, 0.15) is 0 Å². The summed E-state index contributed by atoms with van der Waals surface area (Å²) in [4.78, 5) is 4.88. The van der Waals surface area contributed by atoms with Gasteiger partial charge in [-0.1, -0.05) is 185 Å². The average molecular weight is 809 g/mol. The summed E-state index contributed by atoms with van der Waals surface area (Å²) in [5, 5.41) is 0. The largest absolute Gasteiger partial charge is 0.310 e. The summed E-state index contributed by atoms with van der Waals surface area (Å²) in [6.45, 7) is 9.51. The van der Waals surface area contributed by atoms with Gasteiger partial charge in [-0.25, -0.2) is 0 Å². The first kappa shape index (κ1) is 37.4. The maximum Gasteiger partial charge on any atom is 0.0713 e. The van der Waals surface area contributed by atoms with Crippen molar-refractivity contribution in [3.8, 4) is 22.3 Å².